The molecule has 1 fully saturated rings. The topological polar surface area (TPSA) is 87.9 Å². The molecule has 1 unspecified atom stereocenters. The Kier molecular flexibility index (Phi) is 4.75. The standard InChI is InChI=1S/C13H19N3O4/c1-2-14-11-4-3-5-12(13(11)16(18)19)15-6-7-20-10(8-15)9-17/h3-5,10,14,17H,2,6-9H2,1H3. The molecule has 20 heavy (non-hydrogen) atoms. The number of benzene rings is 1. The van der Waals surface area contributed by atoms with E-state index in [2.05, 4.69) is 5.32 Å². The summed E-state index contributed by atoms with van der Waals surface area (Å²) >= 11 is 0. The maximum absolute atomic E-state index is 11.4. The Morgan fingerprint density at radius 1 is 1.60 bits per heavy atom. The van der Waals surface area contributed by atoms with Crippen molar-refractivity contribution >= 4 is 17.1 Å². The maximum Gasteiger partial charge on any atom is 0.315 e. The number of hydrogen-bond acceptors (Lipinski definition) is 6. The summed E-state index contributed by atoms with van der Waals surface area (Å²) in [6.07, 6.45) is -0.300. The Balaban J connectivity index is 2.34. The van der Waals surface area contributed by atoms with Crippen LogP contribution in [0.4, 0.5) is 17.1 Å². The average molecular weight is 281 g/mol. The van der Waals surface area contributed by atoms with Crippen LogP contribution in [-0.4, -0.2) is 49.0 Å². The minimum atomic E-state index is -0.364. The van der Waals surface area contributed by atoms with Crippen LogP contribution in [0.3, 0.4) is 0 Å². The van der Waals surface area contributed by atoms with Crippen molar-refractivity contribution in [2.24, 2.45) is 0 Å². The van der Waals surface area contributed by atoms with Gasteiger partial charge < -0.3 is 20.1 Å². The molecule has 7 nitrogen and oxygen atoms in total. The van der Waals surface area contributed by atoms with Gasteiger partial charge in [-0.05, 0) is 19.1 Å². The molecule has 1 aromatic rings. The number of nitro benzene ring substituents is 1. The molecule has 0 spiro atoms. The summed E-state index contributed by atoms with van der Waals surface area (Å²) in [4.78, 5) is 12.9. The van der Waals surface area contributed by atoms with Gasteiger partial charge in [-0.1, -0.05) is 6.07 Å². The van der Waals surface area contributed by atoms with E-state index in [9.17, 15) is 15.2 Å². The van der Waals surface area contributed by atoms with Crippen molar-refractivity contribution in [3.05, 3.63) is 28.3 Å². The normalized spacial score (nSPS) is 18.9. The van der Waals surface area contributed by atoms with Crippen molar-refractivity contribution in [1.82, 2.24) is 0 Å². The number of aliphatic hydroxyl groups excluding tert-OH is 1. The monoisotopic (exact) mass is 281 g/mol. The van der Waals surface area contributed by atoms with Gasteiger partial charge in [-0.3, -0.25) is 10.1 Å². The first-order chi connectivity index (χ1) is 9.67. The smallest absolute Gasteiger partial charge is 0.315 e. The van der Waals surface area contributed by atoms with E-state index in [-0.39, 0.29) is 23.3 Å². The molecule has 0 aromatic heterocycles. The van der Waals surface area contributed by atoms with Crippen LogP contribution < -0.4 is 10.2 Å². The highest BCUT2D eigenvalue weighted by Crippen LogP contribution is 2.36. The lowest BCUT2D eigenvalue weighted by atomic mass is 10.1. The summed E-state index contributed by atoms with van der Waals surface area (Å²) in [5.41, 5.74) is 1.16. The van der Waals surface area contributed by atoms with E-state index in [1.807, 2.05) is 11.8 Å². The Morgan fingerprint density at radius 2 is 2.40 bits per heavy atom. The molecular formula is C13H19N3O4. The van der Waals surface area contributed by atoms with E-state index in [0.29, 0.717) is 37.6 Å². The summed E-state index contributed by atoms with van der Waals surface area (Å²) in [6, 6.07) is 5.23. The maximum atomic E-state index is 11.4. The summed E-state index contributed by atoms with van der Waals surface area (Å²) in [6.45, 7) is 3.91. The number of anilines is 2. The summed E-state index contributed by atoms with van der Waals surface area (Å²) in [7, 11) is 0. The fourth-order valence-corrected chi connectivity index (χ4v) is 2.36. The Hall–Kier alpha value is -1.86. The molecule has 1 aliphatic rings. The van der Waals surface area contributed by atoms with E-state index in [1.54, 1.807) is 18.2 Å². The lowest BCUT2D eigenvalue weighted by molar-refractivity contribution is -0.383. The average Bonchev–Trinajstić information content (AvgIpc) is 2.47. The van der Waals surface area contributed by atoms with Gasteiger partial charge in [-0.25, -0.2) is 0 Å². The molecule has 0 amide bonds. The number of morpholine rings is 1. The zero-order valence-corrected chi connectivity index (χ0v) is 11.4. The van der Waals surface area contributed by atoms with Crippen molar-refractivity contribution in [2.45, 2.75) is 13.0 Å². The minimum absolute atomic E-state index is 0.0768. The van der Waals surface area contributed by atoms with Crippen LogP contribution in [0.1, 0.15) is 6.92 Å². The highest BCUT2D eigenvalue weighted by atomic mass is 16.6. The second-order valence-corrected chi connectivity index (χ2v) is 4.58. The summed E-state index contributed by atoms with van der Waals surface area (Å²) in [5, 5.41) is 23.6. The van der Waals surface area contributed by atoms with Crippen molar-refractivity contribution in [2.75, 3.05) is 43.1 Å². The molecule has 2 N–H and O–H groups in total. The van der Waals surface area contributed by atoms with E-state index >= 15 is 0 Å². The zero-order chi connectivity index (χ0) is 14.5. The van der Waals surface area contributed by atoms with Crippen molar-refractivity contribution < 1.29 is 14.8 Å². The van der Waals surface area contributed by atoms with Crippen molar-refractivity contribution in [3.63, 3.8) is 0 Å². The molecule has 2 rings (SSSR count). The predicted molar refractivity (Wildman–Crippen MR) is 76.3 cm³/mol. The quantitative estimate of drug-likeness (QED) is 0.623. The highest BCUT2D eigenvalue weighted by molar-refractivity contribution is 5.77. The molecule has 1 aromatic carbocycles. The molecule has 0 saturated carbocycles. The van der Waals surface area contributed by atoms with Crippen LogP contribution in [-0.2, 0) is 4.74 Å². The van der Waals surface area contributed by atoms with Gasteiger partial charge in [0.1, 0.15) is 11.4 Å². The minimum Gasteiger partial charge on any atom is -0.394 e. The molecule has 1 aliphatic heterocycles. The SMILES string of the molecule is CCNc1cccc(N2CCOC(CO)C2)c1[N+](=O)[O-]. The molecule has 1 saturated heterocycles. The van der Waals surface area contributed by atoms with Gasteiger partial charge in [0.05, 0.1) is 24.2 Å². The van der Waals surface area contributed by atoms with Gasteiger partial charge >= 0.3 is 5.69 Å². The van der Waals surface area contributed by atoms with Gasteiger partial charge in [0.15, 0.2) is 0 Å². The van der Waals surface area contributed by atoms with E-state index in [0.717, 1.165) is 0 Å². The zero-order valence-electron chi connectivity index (χ0n) is 11.4. The Bertz CT molecular complexity index is 481. The van der Waals surface area contributed by atoms with Crippen LogP contribution in [0.5, 0.6) is 0 Å². The molecule has 1 heterocycles. The van der Waals surface area contributed by atoms with Crippen LogP contribution in [0, 0.1) is 10.1 Å². The number of para-hydroxylation sites is 1. The van der Waals surface area contributed by atoms with Crippen molar-refractivity contribution in [3.8, 4) is 0 Å². The molecule has 110 valence electrons. The predicted octanol–water partition coefficient (Wildman–Crippen LogP) is 1.22. The number of aliphatic hydroxyl groups is 1. The number of nitrogens with one attached hydrogen (secondary N) is 1. The third-order valence-corrected chi connectivity index (χ3v) is 3.25. The molecule has 1 atom stereocenters. The van der Waals surface area contributed by atoms with Crippen LogP contribution in [0.2, 0.25) is 0 Å². The molecular weight excluding hydrogens is 262 g/mol. The van der Waals surface area contributed by atoms with Gasteiger partial charge in [-0.15, -0.1) is 0 Å². The van der Waals surface area contributed by atoms with Gasteiger partial charge in [0, 0.05) is 19.6 Å². The molecule has 0 aliphatic carbocycles. The fraction of sp³-hybridized carbons (Fsp3) is 0.538. The second kappa shape index (κ2) is 6.53. The number of hydrogen-bond donors (Lipinski definition) is 2. The second-order valence-electron chi connectivity index (χ2n) is 4.58. The molecule has 0 radical (unpaired) electrons. The lowest BCUT2D eigenvalue weighted by Gasteiger charge is -2.33. The summed E-state index contributed by atoms with van der Waals surface area (Å²) < 4.78 is 5.38. The number of ether oxygens (including phenoxy) is 1. The molecule has 7 heteroatoms. The third-order valence-electron chi connectivity index (χ3n) is 3.25. The first-order valence-corrected chi connectivity index (χ1v) is 6.66. The fourth-order valence-electron chi connectivity index (χ4n) is 2.36. The first-order valence-electron chi connectivity index (χ1n) is 6.66. The first kappa shape index (κ1) is 14.5. The van der Waals surface area contributed by atoms with Crippen LogP contribution >= 0.6 is 0 Å². The highest BCUT2D eigenvalue weighted by Gasteiger charge is 2.27. The van der Waals surface area contributed by atoms with Crippen LogP contribution in [0.15, 0.2) is 18.2 Å². The Labute approximate surface area is 117 Å². The third kappa shape index (κ3) is 3.00. The van der Waals surface area contributed by atoms with E-state index in [4.69, 9.17) is 4.74 Å². The summed E-state index contributed by atoms with van der Waals surface area (Å²) in [5.74, 6) is 0. The van der Waals surface area contributed by atoms with E-state index < -0.39 is 0 Å². The Morgan fingerprint density at radius 3 is 3.05 bits per heavy atom. The van der Waals surface area contributed by atoms with E-state index in [1.165, 1.54) is 0 Å². The van der Waals surface area contributed by atoms with Crippen LogP contribution in [0.25, 0.3) is 0 Å². The molecule has 0 bridgehead atoms. The number of rotatable bonds is 5. The number of nitro groups is 1. The van der Waals surface area contributed by atoms with Crippen molar-refractivity contribution in [1.29, 1.82) is 0 Å². The number of nitrogens with zero attached hydrogens (tertiary/aromatic N) is 2. The van der Waals surface area contributed by atoms with Gasteiger partial charge in [-0.2, -0.15) is 0 Å². The van der Waals surface area contributed by atoms with Gasteiger partial charge in [0.2, 0.25) is 0 Å². The van der Waals surface area contributed by atoms with Gasteiger partial charge in [0.25, 0.3) is 0 Å². The largest absolute Gasteiger partial charge is 0.394 e. The lowest BCUT2D eigenvalue weighted by Crippen LogP contribution is -2.44.